The Hall–Kier alpha value is -2.97. The second kappa shape index (κ2) is 11.2. The quantitative estimate of drug-likeness (QED) is 0.264. The maximum atomic E-state index is 14.6. The summed E-state index contributed by atoms with van der Waals surface area (Å²) in [6.07, 6.45) is 2.58. The summed E-state index contributed by atoms with van der Waals surface area (Å²) in [7, 11) is 0. The summed E-state index contributed by atoms with van der Waals surface area (Å²) in [5.74, 6) is -2.03. The van der Waals surface area contributed by atoms with Gasteiger partial charge in [0.2, 0.25) is 0 Å². The molecule has 0 bridgehead atoms. The highest BCUT2D eigenvalue weighted by atomic mass is 35.5. The fraction of sp³-hybridized carbons (Fsp3) is 0.346. The minimum atomic E-state index is -0.789. The van der Waals surface area contributed by atoms with Crippen molar-refractivity contribution in [2.75, 3.05) is 6.54 Å². The topological polar surface area (TPSA) is 92.7 Å². The number of Topliss-reactive ketones (excluding diaryl/α,β-unsaturated/α-hetero) is 1. The Morgan fingerprint density at radius 3 is 2.57 bits per heavy atom. The Labute approximate surface area is 211 Å². The Morgan fingerprint density at radius 2 is 1.86 bits per heavy atom. The molecule has 0 saturated heterocycles. The van der Waals surface area contributed by atoms with Gasteiger partial charge < -0.3 is 15.2 Å². The summed E-state index contributed by atoms with van der Waals surface area (Å²) in [6.45, 7) is 0.293. The monoisotopic (exact) mass is 517 g/mol. The number of carboxylic acids is 1. The standard InChI is InChI=1S/C26H25ClFNO5S/c27-17-6-3-16-12-24(35-23(16)13-17)25(31)29-11-1-2-22(30)20-10-9-19(14-21(20)28)34-18-7-4-15(5-8-18)26(32)33/h3,6,9-10,12-15,18H,1-2,4-5,7-8,11H2,(H,29,31)(H,32,33). The van der Waals surface area contributed by atoms with Gasteiger partial charge in [-0.1, -0.05) is 17.7 Å². The number of carboxylic acid groups (broad SMARTS) is 1. The molecule has 1 amide bonds. The van der Waals surface area contributed by atoms with Crippen LogP contribution in [0.25, 0.3) is 10.1 Å². The van der Waals surface area contributed by atoms with Crippen molar-refractivity contribution in [3.63, 3.8) is 0 Å². The number of carbonyl (C=O) groups is 3. The van der Waals surface area contributed by atoms with Gasteiger partial charge in [0.05, 0.1) is 22.5 Å². The number of aliphatic carboxylic acids is 1. The van der Waals surface area contributed by atoms with Gasteiger partial charge in [0.1, 0.15) is 11.6 Å². The normalized spacial score (nSPS) is 17.8. The van der Waals surface area contributed by atoms with Gasteiger partial charge in [0.15, 0.2) is 5.78 Å². The fourth-order valence-corrected chi connectivity index (χ4v) is 5.46. The number of ether oxygens (including phenoxy) is 1. The molecule has 0 atom stereocenters. The third-order valence-corrected chi connectivity index (χ3v) is 7.47. The molecule has 0 spiro atoms. The summed E-state index contributed by atoms with van der Waals surface area (Å²) in [5.41, 5.74) is -0.0142. The lowest BCUT2D eigenvalue weighted by Gasteiger charge is -2.26. The largest absolute Gasteiger partial charge is 0.490 e. The molecule has 35 heavy (non-hydrogen) atoms. The molecule has 3 aromatic rings. The van der Waals surface area contributed by atoms with Crippen molar-refractivity contribution in [2.24, 2.45) is 5.92 Å². The average Bonchev–Trinajstić information content (AvgIpc) is 3.25. The van der Waals surface area contributed by atoms with E-state index in [1.165, 1.54) is 23.5 Å². The number of hydrogen-bond acceptors (Lipinski definition) is 5. The number of ketones is 1. The maximum absolute atomic E-state index is 14.6. The molecule has 2 N–H and O–H groups in total. The van der Waals surface area contributed by atoms with Crippen LogP contribution in [0.15, 0.2) is 42.5 Å². The van der Waals surface area contributed by atoms with Crippen molar-refractivity contribution in [3.8, 4) is 5.75 Å². The molecular formula is C26H25ClFNO5S. The van der Waals surface area contributed by atoms with E-state index in [9.17, 15) is 18.8 Å². The molecule has 0 radical (unpaired) electrons. The number of amides is 1. The molecule has 0 unspecified atom stereocenters. The summed E-state index contributed by atoms with van der Waals surface area (Å²) in [4.78, 5) is 36.5. The van der Waals surface area contributed by atoms with Gasteiger partial charge >= 0.3 is 5.97 Å². The molecule has 1 aliphatic carbocycles. The first-order valence-corrected chi connectivity index (χ1v) is 12.7. The van der Waals surface area contributed by atoms with Crippen LogP contribution in [0.3, 0.4) is 0 Å². The van der Waals surface area contributed by atoms with Gasteiger partial charge in [0, 0.05) is 28.8 Å². The van der Waals surface area contributed by atoms with Crippen molar-refractivity contribution < 1.29 is 28.6 Å². The Bertz CT molecular complexity index is 1250. The van der Waals surface area contributed by atoms with Crippen molar-refractivity contribution >= 4 is 50.7 Å². The van der Waals surface area contributed by atoms with Gasteiger partial charge in [-0.25, -0.2) is 4.39 Å². The fourth-order valence-electron chi connectivity index (χ4n) is 4.20. The van der Waals surface area contributed by atoms with Crippen LogP contribution in [-0.4, -0.2) is 35.4 Å². The smallest absolute Gasteiger partial charge is 0.306 e. The predicted molar refractivity (Wildman–Crippen MR) is 133 cm³/mol. The molecule has 4 rings (SSSR count). The van der Waals surface area contributed by atoms with Gasteiger partial charge in [-0.2, -0.15) is 0 Å². The lowest BCUT2D eigenvalue weighted by molar-refractivity contribution is -0.143. The molecule has 2 aromatic carbocycles. The summed E-state index contributed by atoms with van der Waals surface area (Å²) in [6, 6.07) is 11.4. The second-order valence-corrected chi connectivity index (χ2v) is 10.2. The zero-order valence-electron chi connectivity index (χ0n) is 18.9. The highest BCUT2D eigenvalue weighted by Gasteiger charge is 2.27. The van der Waals surface area contributed by atoms with Crippen LogP contribution < -0.4 is 10.1 Å². The molecule has 1 saturated carbocycles. The number of fused-ring (bicyclic) bond motifs is 1. The predicted octanol–water partition coefficient (Wildman–Crippen LogP) is 6.11. The van der Waals surface area contributed by atoms with E-state index in [2.05, 4.69) is 5.32 Å². The molecule has 1 heterocycles. The lowest BCUT2D eigenvalue weighted by atomic mass is 9.87. The highest BCUT2D eigenvalue weighted by Crippen LogP contribution is 2.29. The van der Waals surface area contributed by atoms with Gasteiger partial charge in [0.25, 0.3) is 5.91 Å². The van der Waals surface area contributed by atoms with Crippen molar-refractivity contribution in [1.29, 1.82) is 0 Å². The van der Waals surface area contributed by atoms with E-state index in [1.807, 2.05) is 12.1 Å². The first kappa shape index (κ1) is 25.1. The van der Waals surface area contributed by atoms with Crippen LogP contribution in [0.4, 0.5) is 4.39 Å². The molecule has 1 fully saturated rings. The summed E-state index contributed by atoms with van der Waals surface area (Å²) < 4.78 is 21.3. The number of nitrogens with one attached hydrogen (secondary N) is 1. The maximum Gasteiger partial charge on any atom is 0.306 e. The Morgan fingerprint density at radius 1 is 1.09 bits per heavy atom. The molecule has 6 nitrogen and oxygen atoms in total. The van der Waals surface area contributed by atoms with E-state index in [-0.39, 0.29) is 35.7 Å². The number of hydrogen-bond donors (Lipinski definition) is 2. The first-order valence-electron chi connectivity index (χ1n) is 11.5. The SMILES string of the molecule is O=C(NCCCC(=O)c1ccc(OC2CCC(C(=O)O)CC2)cc1F)c1cc2ccc(Cl)cc2s1. The summed E-state index contributed by atoms with van der Waals surface area (Å²) >= 11 is 7.34. The van der Waals surface area contributed by atoms with Crippen LogP contribution >= 0.6 is 22.9 Å². The lowest BCUT2D eigenvalue weighted by Crippen LogP contribution is -2.27. The van der Waals surface area contributed by atoms with Crippen LogP contribution in [0.1, 0.15) is 58.6 Å². The number of rotatable bonds is 9. The number of halogens is 2. The van der Waals surface area contributed by atoms with Gasteiger partial charge in [-0.05, 0) is 67.8 Å². The van der Waals surface area contributed by atoms with Crippen LogP contribution in [0.5, 0.6) is 5.75 Å². The van der Waals surface area contributed by atoms with E-state index in [1.54, 1.807) is 18.2 Å². The van der Waals surface area contributed by atoms with Crippen LogP contribution in [0, 0.1) is 11.7 Å². The third-order valence-electron chi connectivity index (χ3n) is 6.14. The van der Waals surface area contributed by atoms with Crippen molar-refractivity contribution in [1.82, 2.24) is 5.32 Å². The van der Waals surface area contributed by atoms with E-state index >= 15 is 0 Å². The minimum absolute atomic E-state index is 0.0142. The number of carbonyl (C=O) groups excluding carboxylic acids is 2. The molecular weight excluding hydrogens is 493 g/mol. The molecule has 184 valence electrons. The third kappa shape index (κ3) is 6.38. The average molecular weight is 518 g/mol. The van der Waals surface area contributed by atoms with Crippen LogP contribution in [-0.2, 0) is 4.79 Å². The Balaban J connectivity index is 1.23. The molecule has 9 heteroatoms. The molecule has 1 aliphatic rings. The number of thiophene rings is 1. The summed E-state index contributed by atoms with van der Waals surface area (Å²) in [5, 5.41) is 13.4. The van der Waals surface area contributed by atoms with E-state index in [4.69, 9.17) is 21.4 Å². The molecule has 1 aromatic heterocycles. The zero-order chi connectivity index (χ0) is 24.9. The highest BCUT2D eigenvalue weighted by molar-refractivity contribution is 7.20. The zero-order valence-corrected chi connectivity index (χ0v) is 20.5. The van der Waals surface area contributed by atoms with Gasteiger partial charge in [-0.15, -0.1) is 11.3 Å². The Kier molecular flexibility index (Phi) is 8.03. The van der Waals surface area contributed by atoms with E-state index < -0.39 is 11.8 Å². The minimum Gasteiger partial charge on any atom is -0.490 e. The number of benzene rings is 2. The van der Waals surface area contributed by atoms with E-state index in [0.717, 1.165) is 10.1 Å². The second-order valence-electron chi connectivity index (χ2n) is 8.65. The van der Waals surface area contributed by atoms with E-state index in [0.29, 0.717) is 54.3 Å². The molecule has 0 aliphatic heterocycles. The first-order chi connectivity index (χ1) is 16.8. The van der Waals surface area contributed by atoms with Crippen molar-refractivity contribution in [3.05, 3.63) is 63.7 Å². The van der Waals surface area contributed by atoms with Crippen molar-refractivity contribution in [2.45, 2.75) is 44.6 Å². The van der Waals surface area contributed by atoms with Crippen LogP contribution in [0.2, 0.25) is 5.02 Å². The van der Waals surface area contributed by atoms with Gasteiger partial charge in [-0.3, -0.25) is 14.4 Å².